The maximum Gasteiger partial charge on any atom is 0.156 e. The summed E-state index contributed by atoms with van der Waals surface area (Å²) < 4.78 is 13.3. The van der Waals surface area contributed by atoms with Crippen LogP contribution in [0.2, 0.25) is 0 Å². The molecule has 0 radical (unpaired) electrons. The van der Waals surface area contributed by atoms with E-state index < -0.39 is 5.00 Å². The van der Waals surface area contributed by atoms with Gasteiger partial charge in [0.15, 0.2) is 5.00 Å². The maximum absolute atomic E-state index is 13.3. The van der Waals surface area contributed by atoms with Crippen molar-refractivity contribution >= 4 is 11.8 Å². The summed E-state index contributed by atoms with van der Waals surface area (Å²) in [6.45, 7) is 2.04. The van der Waals surface area contributed by atoms with Crippen LogP contribution in [-0.4, -0.2) is 10.8 Å². The highest BCUT2D eigenvalue weighted by molar-refractivity contribution is 8.00. The summed E-state index contributed by atoms with van der Waals surface area (Å²) in [5.41, 5.74) is 0. The van der Waals surface area contributed by atoms with Gasteiger partial charge >= 0.3 is 0 Å². The molecular weight excluding hydrogens is 135 g/mol. The van der Waals surface area contributed by atoms with Crippen LogP contribution in [0, 0.1) is 0 Å². The Bertz CT molecular complexity index is 86.9. The second-order valence-corrected chi connectivity index (χ2v) is 4.01. The van der Waals surface area contributed by atoms with Gasteiger partial charge in [-0.25, -0.2) is 4.39 Å². The zero-order valence-electron chi connectivity index (χ0n) is 5.82. The van der Waals surface area contributed by atoms with Gasteiger partial charge in [0.2, 0.25) is 0 Å². The average Bonchev–Trinajstić information content (AvgIpc) is 2.16. The standard InChI is InChI=1S/C7H13FS/c1-2-4-7(8)5-3-6-9-7/h2-6H2,1H3. The maximum atomic E-state index is 13.3. The van der Waals surface area contributed by atoms with Crippen molar-refractivity contribution in [1.29, 1.82) is 0 Å². The van der Waals surface area contributed by atoms with E-state index in [4.69, 9.17) is 0 Å². The number of hydrogen-bond donors (Lipinski definition) is 0. The zero-order chi connectivity index (χ0) is 6.74. The fourth-order valence-electron chi connectivity index (χ4n) is 1.23. The molecule has 0 aromatic carbocycles. The first-order chi connectivity index (χ1) is 4.27. The number of rotatable bonds is 2. The van der Waals surface area contributed by atoms with E-state index in [-0.39, 0.29) is 0 Å². The van der Waals surface area contributed by atoms with Crippen molar-refractivity contribution in [3.05, 3.63) is 0 Å². The average molecular weight is 148 g/mol. The Morgan fingerprint density at radius 3 is 2.89 bits per heavy atom. The molecule has 0 amide bonds. The minimum absolute atomic E-state index is 0.748. The van der Waals surface area contributed by atoms with E-state index in [0.29, 0.717) is 0 Å². The lowest BCUT2D eigenvalue weighted by Crippen LogP contribution is -2.11. The van der Waals surface area contributed by atoms with Crippen molar-refractivity contribution in [1.82, 2.24) is 0 Å². The number of thioether (sulfide) groups is 1. The van der Waals surface area contributed by atoms with Gasteiger partial charge in [-0.1, -0.05) is 13.3 Å². The molecule has 0 saturated carbocycles. The first kappa shape index (κ1) is 7.39. The molecule has 2 heteroatoms. The third kappa shape index (κ3) is 1.85. The van der Waals surface area contributed by atoms with Gasteiger partial charge in [-0.15, -0.1) is 11.8 Å². The Morgan fingerprint density at radius 1 is 1.67 bits per heavy atom. The van der Waals surface area contributed by atoms with E-state index in [1.807, 2.05) is 6.92 Å². The van der Waals surface area contributed by atoms with Gasteiger partial charge in [-0.3, -0.25) is 0 Å². The summed E-state index contributed by atoms with van der Waals surface area (Å²) in [6.07, 6.45) is 3.58. The molecule has 1 aliphatic rings. The Balaban J connectivity index is 2.32. The molecule has 1 atom stereocenters. The van der Waals surface area contributed by atoms with Gasteiger partial charge in [0, 0.05) is 0 Å². The van der Waals surface area contributed by atoms with Gasteiger partial charge in [0.05, 0.1) is 0 Å². The van der Waals surface area contributed by atoms with Crippen LogP contribution < -0.4 is 0 Å². The molecule has 1 saturated heterocycles. The quantitative estimate of drug-likeness (QED) is 0.580. The molecule has 0 spiro atoms. The molecule has 54 valence electrons. The van der Waals surface area contributed by atoms with E-state index in [1.165, 1.54) is 11.8 Å². The smallest absolute Gasteiger partial charge is 0.156 e. The third-order valence-corrected chi connectivity index (χ3v) is 3.10. The zero-order valence-corrected chi connectivity index (χ0v) is 6.64. The number of hydrogen-bond acceptors (Lipinski definition) is 1. The lowest BCUT2D eigenvalue weighted by Gasteiger charge is -2.15. The van der Waals surface area contributed by atoms with E-state index >= 15 is 0 Å². The molecule has 0 aliphatic carbocycles. The Hall–Kier alpha value is 0.280. The number of alkyl halides is 1. The van der Waals surface area contributed by atoms with Crippen LogP contribution in [0.5, 0.6) is 0 Å². The third-order valence-electron chi connectivity index (χ3n) is 1.68. The second-order valence-electron chi connectivity index (χ2n) is 2.59. The molecule has 1 rings (SSSR count). The number of halogens is 1. The van der Waals surface area contributed by atoms with Crippen LogP contribution in [0.25, 0.3) is 0 Å². The van der Waals surface area contributed by atoms with Crippen LogP contribution in [0.3, 0.4) is 0 Å². The van der Waals surface area contributed by atoms with E-state index in [1.54, 1.807) is 0 Å². The molecule has 9 heavy (non-hydrogen) atoms. The van der Waals surface area contributed by atoms with Crippen molar-refractivity contribution in [2.75, 3.05) is 5.75 Å². The van der Waals surface area contributed by atoms with E-state index in [2.05, 4.69) is 0 Å². The van der Waals surface area contributed by atoms with Gasteiger partial charge in [-0.2, -0.15) is 0 Å². The van der Waals surface area contributed by atoms with Crippen LogP contribution >= 0.6 is 11.8 Å². The van der Waals surface area contributed by atoms with Gasteiger partial charge < -0.3 is 0 Å². The van der Waals surface area contributed by atoms with Crippen LogP contribution in [-0.2, 0) is 0 Å². The monoisotopic (exact) mass is 148 g/mol. The van der Waals surface area contributed by atoms with Crippen LogP contribution in [0.15, 0.2) is 0 Å². The minimum atomic E-state index is -0.839. The molecule has 0 nitrogen and oxygen atoms in total. The van der Waals surface area contributed by atoms with Gasteiger partial charge in [0.1, 0.15) is 0 Å². The largest absolute Gasteiger partial charge is 0.232 e. The summed E-state index contributed by atoms with van der Waals surface area (Å²) in [4.78, 5) is 0. The molecule has 1 aliphatic heterocycles. The lowest BCUT2D eigenvalue weighted by atomic mass is 10.1. The molecule has 1 fully saturated rings. The fourth-order valence-corrected chi connectivity index (χ4v) is 2.53. The summed E-state index contributed by atoms with van der Waals surface area (Å²) in [6, 6.07) is 0. The normalized spacial score (nSPS) is 35.3. The Kier molecular flexibility index (Phi) is 2.39. The van der Waals surface area contributed by atoms with Gasteiger partial charge in [0.25, 0.3) is 0 Å². The summed E-state index contributed by atoms with van der Waals surface area (Å²) in [5.74, 6) is 1.02. The van der Waals surface area contributed by atoms with Crippen molar-refractivity contribution < 1.29 is 4.39 Å². The summed E-state index contributed by atoms with van der Waals surface area (Å²) in [7, 11) is 0. The highest BCUT2D eigenvalue weighted by atomic mass is 32.2. The van der Waals surface area contributed by atoms with Crippen molar-refractivity contribution in [3.63, 3.8) is 0 Å². The molecule has 0 N–H and O–H groups in total. The van der Waals surface area contributed by atoms with E-state index in [9.17, 15) is 4.39 Å². The Labute approximate surface area is 60.2 Å². The van der Waals surface area contributed by atoms with Gasteiger partial charge in [-0.05, 0) is 25.0 Å². The summed E-state index contributed by atoms with van der Waals surface area (Å²) >= 11 is 1.50. The fraction of sp³-hybridized carbons (Fsp3) is 1.00. The van der Waals surface area contributed by atoms with Crippen LogP contribution in [0.1, 0.15) is 32.6 Å². The predicted molar refractivity (Wildman–Crippen MR) is 40.4 cm³/mol. The van der Waals surface area contributed by atoms with Crippen molar-refractivity contribution in [3.8, 4) is 0 Å². The van der Waals surface area contributed by atoms with Crippen molar-refractivity contribution in [2.45, 2.75) is 37.6 Å². The molecule has 1 unspecified atom stereocenters. The molecule has 0 aromatic rings. The predicted octanol–water partition coefficient (Wildman–Crippen LogP) is 2.98. The van der Waals surface area contributed by atoms with Crippen LogP contribution in [0.4, 0.5) is 4.39 Å². The minimum Gasteiger partial charge on any atom is -0.232 e. The molecule has 0 aromatic heterocycles. The lowest BCUT2D eigenvalue weighted by molar-refractivity contribution is 0.261. The molecule has 1 heterocycles. The summed E-state index contributed by atoms with van der Waals surface area (Å²) in [5, 5.41) is -0.839. The first-order valence-corrected chi connectivity index (χ1v) is 4.58. The van der Waals surface area contributed by atoms with E-state index in [0.717, 1.165) is 31.4 Å². The van der Waals surface area contributed by atoms with Crippen molar-refractivity contribution in [2.24, 2.45) is 0 Å². The first-order valence-electron chi connectivity index (χ1n) is 3.60. The Morgan fingerprint density at radius 2 is 2.44 bits per heavy atom. The molecular formula is C7H13FS. The topological polar surface area (TPSA) is 0 Å². The highest BCUT2D eigenvalue weighted by Gasteiger charge is 2.32. The highest BCUT2D eigenvalue weighted by Crippen LogP contribution is 2.42. The second kappa shape index (κ2) is 2.91. The SMILES string of the molecule is CCCC1(F)CCCS1. The molecule has 0 bridgehead atoms.